The van der Waals surface area contributed by atoms with Gasteiger partial charge in [0.2, 0.25) is 5.91 Å². The third-order valence-electron chi connectivity index (χ3n) is 7.71. The van der Waals surface area contributed by atoms with E-state index in [-0.39, 0.29) is 36.1 Å². The Bertz CT molecular complexity index is 1520. The number of hydrogen-bond donors (Lipinski definition) is 3. The summed E-state index contributed by atoms with van der Waals surface area (Å²) in [5, 5.41) is 12.0. The van der Waals surface area contributed by atoms with E-state index in [2.05, 4.69) is 18.4 Å². The minimum atomic E-state index is -1.15. The molecule has 1 unspecified atom stereocenters. The number of amides is 2. The number of benzene rings is 2. The third kappa shape index (κ3) is 11.8. The summed E-state index contributed by atoms with van der Waals surface area (Å²) in [6.07, 6.45) is 1.68. The first-order chi connectivity index (χ1) is 22.7. The number of ether oxygens (including phenoxy) is 1. The molecule has 0 saturated heterocycles. The summed E-state index contributed by atoms with van der Waals surface area (Å²) in [5.74, 6) is -2.50. The maximum Gasteiger partial charge on any atom is 0.407 e. The van der Waals surface area contributed by atoms with Crippen molar-refractivity contribution < 1.29 is 33.0 Å². The molecule has 0 bridgehead atoms. The number of thioether (sulfide) groups is 1. The lowest BCUT2D eigenvalue weighted by atomic mass is 9.83. The topological polar surface area (TPSA) is 127 Å². The van der Waals surface area contributed by atoms with Crippen LogP contribution in [0.15, 0.2) is 60.8 Å². The van der Waals surface area contributed by atoms with Crippen molar-refractivity contribution >= 4 is 38.5 Å². The van der Waals surface area contributed by atoms with Crippen LogP contribution in [0.4, 0.5) is 13.6 Å². The van der Waals surface area contributed by atoms with E-state index < -0.39 is 50.0 Å². The molecular formula is C35H48F2N4O5SSi. The molecule has 2 aromatic carbocycles. The van der Waals surface area contributed by atoms with Crippen molar-refractivity contribution in [2.24, 2.45) is 11.1 Å². The van der Waals surface area contributed by atoms with Crippen LogP contribution in [0.3, 0.4) is 0 Å². The Balaban J connectivity index is 2.00. The van der Waals surface area contributed by atoms with Gasteiger partial charge >= 0.3 is 12.1 Å². The normalized spacial score (nSPS) is 12.9. The molecular weight excluding hydrogens is 655 g/mol. The maximum atomic E-state index is 15.1. The fraction of sp³-hybridized carbons (Fsp3) is 0.457. The summed E-state index contributed by atoms with van der Waals surface area (Å²) >= 11 is 1.14. The Labute approximate surface area is 287 Å². The van der Waals surface area contributed by atoms with E-state index in [1.54, 1.807) is 17.2 Å². The van der Waals surface area contributed by atoms with Gasteiger partial charge < -0.3 is 30.4 Å². The van der Waals surface area contributed by atoms with Crippen LogP contribution in [-0.4, -0.2) is 78.6 Å². The minimum Gasteiger partial charge on any atom is -0.480 e. The molecule has 3 aromatic rings. The van der Waals surface area contributed by atoms with E-state index in [0.717, 1.165) is 47.3 Å². The van der Waals surface area contributed by atoms with Crippen LogP contribution in [0, 0.1) is 17.0 Å². The Hall–Kier alpha value is -3.68. The van der Waals surface area contributed by atoms with Crippen molar-refractivity contribution in [2.75, 3.05) is 31.2 Å². The molecule has 3 rings (SSSR count). The highest BCUT2D eigenvalue weighted by Gasteiger charge is 2.37. The van der Waals surface area contributed by atoms with Crippen LogP contribution in [0.25, 0.3) is 11.1 Å². The van der Waals surface area contributed by atoms with Gasteiger partial charge in [-0.05, 0) is 47.7 Å². The van der Waals surface area contributed by atoms with Gasteiger partial charge in [0.15, 0.2) is 0 Å². The van der Waals surface area contributed by atoms with Crippen LogP contribution < -0.4 is 11.1 Å². The predicted octanol–water partition coefficient (Wildman–Crippen LogP) is 6.15. The van der Waals surface area contributed by atoms with Gasteiger partial charge in [-0.25, -0.2) is 13.6 Å². The highest BCUT2D eigenvalue weighted by Crippen LogP contribution is 2.41. The molecule has 4 N–H and O–H groups in total. The van der Waals surface area contributed by atoms with Crippen LogP contribution in [0.5, 0.6) is 0 Å². The molecule has 2 amide bonds. The van der Waals surface area contributed by atoms with E-state index in [1.165, 1.54) is 0 Å². The summed E-state index contributed by atoms with van der Waals surface area (Å²) in [7, 11) is -0.852. The average molecular weight is 703 g/mol. The SMILES string of the molecule is C[SiH](C)CCOC(=O)NCCCN(C(=O)CSCC(N)C(=O)O)[C@@H](c1cc(-c2cc(F)ccc2F)cn1Cc1ccccc1)C(C)(C)C. The summed E-state index contributed by atoms with van der Waals surface area (Å²) in [6, 6.07) is 14.0. The molecule has 0 fully saturated rings. The summed E-state index contributed by atoms with van der Waals surface area (Å²) in [4.78, 5) is 39.3. The van der Waals surface area contributed by atoms with E-state index in [0.29, 0.717) is 25.1 Å². The highest BCUT2D eigenvalue weighted by molar-refractivity contribution is 8.00. The molecule has 0 aliphatic carbocycles. The lowest BCUT2D eigenvalue weighted by molar-refractivity contribution is -0.138. The second-order valence-electron chi connectivity index (χ2n) is 13.3. The number of carbonyl (C=O) groups is 3. The Kier molecular flexibility index (Phi) is 14.7. The van der Waals surface area contributed by atoms with Crippen LogP contribution in [0.1, 0.15) is 44.5 Å². The first kappa shape index (κ1) is 38.8. The van der Waals surface area contributed by atoms with Gasteiger partial charge in [0, 0.05) is 57.2 Å². The molecule has 1 aromatic heterocycles. The Morgan fingerprint density at radius 3 is 2.46 bits per heavy atom. The molecule has 9 nitrogen and oxygen atoms in total. The number of aromatic nitrogens is 1. The van der Waals surface area contributed by atoms with Gasteiger partial charge in [0.1, 0.15) is 17.7 Å². The first-order valence-electron chi connectivity index (χ1n) is 16.1. The second-order valence-corrected chi connectivity index (χ2v) is 17.7. The van der Waals surface area contributed by atoms with Crippen molar-refractivity contribution in [3.63, 3.8) is 0 Å². The van der Waals surface area contributed by atoms with Gasteiger partial charge in [-0.15, -0.1) is 11.8 Å². The van der Waals surface area contributed by atoms with E-state index in [1.807, 2.05) is 55.7 Å². The second kappa shape index (κ2) is 18.2. The zero-order valence-corrected chi connectivity index (χ0v) is 30.3. The number of nitrogens with zero attached hydrogens (tertiary/aromatic N) is 2. The zero-order chi connectivity index (χ0) is 35.4. The summed E-state index contributed by atoms with van der Waals surface area (Å²) < 4.78 is 36.6. The van der Waals surface area contributed by atoms with Crippen molar-refractivity contribution in [3.8, 4) is 11.1 Å². The van der Waals surface area contributed by atoms with Gasteiger partial charge in [0.05, 0.1) is 18.4 Å². The molecule has 0 saturated carbocycles. The predicted molar refractivity (Wildman–Crippen MR) is 190 cm³/mol. The minimum absolute atomic E-state index is 0.0209. The lowest BCUT2D eigenvalue weighted by Gasteiger charge is -2.41. The molecule has 0 aliphatic heterocycles. The zero-order valence-electron chi connectivity index (χ0n) is 28.4. The van der Waals surface area contributed by atoms with Crippen molar-refractivity contribution in [1.29, 1.82) is 0 Å². The number of halogens is 2. The largest absolute Gasteiger partial charge is 0.480 e. The van der Waals surface area contributed by atoms with E-state index in [4.69, 9.17) is 10.5 Å². The number of hydrogen-bond acceptors (Lipinski definition) is 6. The number of nitrogens with one attached hydrogen (secondary N) is 1. The molecule has 1 heterocycles. The van der Waals surface area contributed by atoms with Crippen LogP contribution in [-0.2, 0) is 20.9 Å². The number of nitrogens with two attached hydrogens (primary N) is 1. The van der Waals surface area contributed by atoms with Crippen molar-refractivity contribution in [1.82, 2.24) is 14.8 Å². The lowest BCUT2D eigenvalue weighted by Crippen LogP contribution is -2.44. The van der Waals surface area contributed by atoms with E-state index >= 15 is 4.39 Å². The monoisotopic (exact) mass is 702 g/mol. The summed E-state index contributed by atoms with van der Waals surface area (Å²) in [6.45, 7) is 11.7. The first-order valence-corrected chi connectivity index (χ1v) is 20.4. The Morgan fingerprint density at radius 2 is 1.81 bits per heavy atom. The van der Waals surface area contributed by atoms with Gasteiger partial charge in [-0.1, -0.05) is 64.2 Å². The number of carboxylic acids is 1. The fourth-order valence-electron chi connectivity index (χ4n) is 5.32. The molecule has 0 spiro atoms. The van der Waals surface area contributed by atoms with Crippen LogP contribution >= 0.6 is 11.8 Å². The molecule has 48 heavy (non-hydrogen) atoms. The Morgan fingerprint density at radius 1 is 1.10 bits per heavy atom. The molecule has 2 atom stereocenters. The fourth-order valence-corrected chi connectivity index (χ4v) is 6.76. The van der Waals surface area contributed by atoms with Crippen molar-refractivity contribution in [2.45, 2.75) is 65.0 Å². The molecule has 0 radical (unpaired) electrons. The number of alkyl carbamates (subject to hydrolysis) is 1. The van der Waals surface area contributed by atoms with E-state index in [9.17, 15) is 23.9 Å². The highest BCUT2D eigenvalue weighted by atomic mass is 32.2. The smallest absolute Gasteiger partial charge is 0.407 e. The average Bonchev–Trinajstić information content (AvgIpc) is 3.41. The standard InChI is InChI=1S/C35H48F2N4O5SSi/c1-35(2,3)32(30-18-25(27-19-26(36)12-13-28(27)37)21-40(30)20-24-10-7-6-8-11-24)41(31(42)23-47-22-29(38)33(43)44)15-9-14-39-34(45)46-16-17-48(4)5/h6-8,10-13,18-19,21,29,32,48H,9,14-17,20,22-23,38H2,1-5H3,(H,39,45)(H,43,44)/t29?,32-/m0/s1. The number of aliphatic carboxylic acids is 1. The summed E-state index contributed by atoms with van der Waals surface area (Å²) in [5.41, 5.74) is 7.42. The van der Waals surface area contributed by atoms with Gasteiger partial charge in [-0.2, -0.15) is 0 Å². The van der Waals surface area contributed by atoms with Crippen molar-refractivity contribution in [3.05, 3.63) is 83.7 Å². The molecule has 262 valence electrons. The van der Waals surface area contributed by atoms with Crippen LogP contribution in [0.2, 0.25) is 19.1 Å². The quantitative estimate of drug-likeness (QED) is 0.114. The molecule has 13 heteroatoms. The number of rotatable bonds is 17. The third-order valence-corrected chi connectivity index (χ3v) is 10.1. The molecule has 0 aliphatic rings. The maximum absolute atomic E-state index is 15.1. The van der Waals surface area contributed by atoms with Gasteiger partial charge in [0.25, 0.3) is 0 Å². The number of carbonyl (C=O) groups excluding carboxylic acids is 2. The number of carboxylic acid groups (broad SMARTS) is 1. The van der Waals surface area contributed by atoms with Gasteiger partial charge in [-0.3, -0.25) is 9.59 Å².